The average Bonchev–Trinajstić information content (AvgIpc) is 2.90. The molecule has 2 aromatic rings. The third kappa shape index (κ3) is 2.22. The molecule has 3 atom stereocenters. The van der Waals surface area contributed by atoms with E-state index in [1.165, 1.54) is 29.4 Å². The molecular weight excluding hydrogens is 258 g/mol. The number of hydrogen-bond donors (Lipinski definition) is 0. The Morgan fingerprint density at radius 1 is 1.24 bits per heavy atom. The first-order valence-electron chi connectivity index (χ1n) is 8.13. The van der Waals surface area contributed by atoms with E-state index in [0.29, 0.717) is 12.1 Å². The van der Waals surface area contributed by atoms with E-state index in [-0.39, 0.29) is 0 Å². The number of rotatable bonds is 3. The van der Waals surface area contributed by atoms with Gasteiger partial charge in [-0.1, -0.05) is 23.8 Å². The Hall–Kier alpha value is -1.54. The lowest BCUT2D eigenvalue weighted by Crippen LogP contribution is -2.51. The second kappa shape index (κ2) is 5.03. The van der Waals surface area contributed by atoms with E-state index in [2.05, 4.69) is 49.1 Å². The van der Waals surface area contributed by atoms with Crippen molar-refractivity contribution in [3.8, 4) is 0 Å². The predicted molar refractivity (Wildman–Crippen MR) is 86.5 cm³/mol. The summed E-state index contributed by atoms with van der Waals surface area (Å²) in [4.78, 5) is 2.68. The van der Waals surface area contributed by atoms with E-state index in [1.807, 2.05) is 6.26 Å². The molecule has 1 fully saturated rings. The van der Waals surface area contributed by atoms with Gasteiger partial charge in [-0.3, -0.25) is 4.90 Å². The van der Waals surface area contributed by atoms with Gasteiger partial charge in [0.1, 0.15) is 5.58 Å². The van der Waals surface area contributed by atoms with Gasteiger partial charge in [0.25, 0.3) is 0 Å². The predicted octanol–water partition coefficient (Wildman–Crippen LogP) is 4.32. The summed E-state index contributed by atoms with van der Waals surface area (Å²) >= 11 is 0. The van der Waals surface area contributed by atoms with Gasteiger partial charge >= 0.3 is 0 Å². The Morgan fingerprint density at radius 3 is 2.90 bits per heavy atom. The lowest BCUT2D eigenvalue weighted by Gasteiger charge is -2.46. The average molecular weight is 281 g/mol. The number of furan rings is 1. The summed E-state index contributed by atoms with van der Waals surface area (Å²) in [7, 11) is 0. The molecule has 0 spiro atoms. The number of fused-ring (bicyclic) bond motifs is 3. The summed E-state index contributed by atoms with van der Waals surface area (Å²) in [6.45, 7) is 5.67. The van der Waals surface area contributed by atoms with Crippen LogP contribution in [0.4, 0.5) is 0 Å². The van der Waals surface area contributed by atoms with Crippen molar-refractivity contribution in [1.82, 2.24) is 4.90 Å². The smallest absolute Gasteiger partial charge is 0.134 e. The molecule has 3 unspecified atom stereocenters. The van der Waals surface area contributed by atoms with Crippen LogP contribution in [0.15, 0.2) is 41.0 Å². The second-order valence-corrected chi connectivity index (χ2v) is 6.68. The van der Waals surface area contributed by atoms with Gasteiger partial charge in [-0.2, -0.15) is 0 Å². The molecule has 2 bridgehead atoms. The molecule has 0 saturated carbocycles. The first-order chi connectivity index (χ1) is 10.2. The summed E-state index contributed by atoms with van der Waals surface area (Å²) in [5.41, 5.74) is 3.67. The summed E-state index contributed by atoms with van der Waals surface area (Å²) in [5, 5.41) is 1.29. The van der Waals surface area contributed by atoms with Crippen LogP contribution in [0.2, 0.25) is 0 Å². The second-order valence-electron chi connectivity index (χ2n) is 6.68. The van der Waals surface area contributed by atoms with Crippen LogP contribution in [-0.4, -0.2) is 23.5 Å². The zero-order chi connectivity index (χ0) is 14.4. The first-order valence-corrected chi connectivity index (χ1v) is 8.13. The van der Waals surface area contributed by atoms with Crippen LogP contribution in [0, 0.1) is 12.8 Å². The molecule has 0 N–H and O–H groups in total. The minimum absolute atomic E-state index is 0.657. The van der Waals surface area contributed by atoms with Crippen LogP contribution in [-0.2, 0) is 6.42 Å². The molecule has 21 heavy (non-hydrogen) atoms. The highest BCUT2D eigenvalue weighted by Gasteiger charge is 2.35. The number of hydrogen-bond acceptors (Lipinski definition) is 2. The van der Waals surface area contributed by atoms with Crippen molar-refractivity contribution in [2.24, 2.45) is 5.92 Å². The molecule has 2 aliphatic heterocycles. The fraction of sp³-hybridized carbons (Fsp3) is 0.474. The van der Waals surface area contributed by atoms with Gasteiger partial charge in [-0.15, -0.1) is 0 Å². The van der Waals surface area contributed by atoms with Crippen molar-refractivity contribution in [2.45, 2.75) is 45.2 Å². The molecule has 0 radical (unpaired) electrons. The molecule has 1 aromatic carbocycles. The van der Waals surface area contributed by atoms with Crippen molar-refractivity contribution in [3.63, 3.8) is 0 Å². The van der Waals surface area contributed by atoms with Crippen LogP contribution >= 0.6 is 0 Å². The van der Waals surface area contributed by atoms with Gasteiger partial charge in [-0.25, -0.2) is 0 Å². The van der Waals surface area contributed by atoms with Gasteiger partial charge in [0.15, 0.2) is 0 Å². The van der Waals surface area contributed by atoms with Crippen LogP contribution in [0.25, 0.3) is 11.0 Å². The van der Waals surface area contributed by atoms with E-state index in [4.69, 9.17) is 4.42 Å². The highest BCUT2D eigenvalue weighted by atomic mass is 16.3. The Balaban J connectivity index is 1.53. The molecule has 3 heterocycles. The monoisotopic (exact) mass is 281 g/mol. The molecule has 3 aliphatic rings. The Labute approximate surface area is 126 Å². The van der Waals surface area contributed by atoms with Gasteiger partial charge in [0.05, 0.1) is 6.26 Å². The number of piperidine rings is 1. The summed E-state index contributed by atoms with van der Waals surface area (Å²) < 4.78 is 5.70. The van der Waals surface area contributed by atoms with E-state index in [9.17, 15) is 0 Å². The SMILES string of the molecule is Cc1ccc2occ(CCN3C4C=CC(CC4)C3C)c2c1. The van der Waals surface area contributed by atoms with Crippen molar-refractivity contribution >= 4 is 11.0 Å². The third-order valence-corrected chi connectivity index (χ3v) is 5.39. The molecule has 2 heteroatoms. The van der Waals surface area contributed by atoms with Gasteiger partial charge < -0.3 is 4.42 Å². The molecule has 5 rings (SSSR count). The normalized spacial score (nSPS) is 28.6. The lowest BCUT2D eigenvalue weighted by atomic mass is 9.80. The molecule has 2 nitrogen and oxygen atoms in total. The molecule has 110 valence electrons. The molecule has 1 aromatic heterocycles. The van der Waals surface area contributed by atoms with Crippen LogP contribution in [0.3, 0.4) is 0 Å². The lowest BCUT2D eigenvalue weighted by molar-refractivity contribution is 0.0768. The standard InChI is InChI=1S/C19H23NO/c1-13-3-8-19-18(11-13)16(12-21-19)9-10-20-14(2)15-4-6-17(20)7-5-15/h3-4,6,8,11-12,14-15,17H,5,7,9-10H2,1-2H3. The Morgan fingerprint density at radius 2 is 2.14 bits per heavy atom. The van der Waals surface area contributed by atoms with Crippen LogP contribution in [0.1, 0.15) is 30.9 Å². The maximum absolute atomic E-state index is 5.70. The van der Waals surface area contributed by atoms with Crippen molar-refractivity contribution in [1.29, 1.82) is 0 Å². The van der Waals surface area contributed by atoms with E-state index < -0.39 is 0 Å². The topological polar surface area (TPSA) is 16.4 Å². The highest BCUT2D eigenvalue weighted by molar-refractivity contribution is 5.81. The molecule has 0 amide bonds. The minimum atomic E-state index is 0.657. The van der Waals surface area contributed by atoms with Gasteiger partial charge in [0.2, 0.25) is 0 Å². The molecular formula is C19H23NO. The quantitative estimate of drug-likeness (QED) is 0.779. The first kappa shape index (κ1) is 13.1. The zero-order valence-electron chi connectivity index (χ0n) is 12.9. The fourth-order valence-electron chi connectivity index (χ4n) is 4.06. The van der Waals surface area contributed by atoms with E-state index >= 15 is 0 Å². The molecule has 1 saturated heterocycles. The Kier molecular flexibility index (Phi) is 3.15. The number of nitrogens with zero attached hydrogens (tertiary/aromatic N) is 1. The largest absolute Gasteiger partial charge is 0.464 e. The maximum Gasteiger partial charge on any atom is 0.134 e. The van der Waals surface area contributed by atoms with Crippen molar-refractivity contribution in [3.05, 3.63) is 47.7 Å². The number of benzene rings is 1. The maximum atomic E-state index is 5.70. The van der Waals surface area contributed by atoms with Crippen molar-refractivity contribution in [2.75, 3.05) is 6.54 Å². The minimum Gasteiger partial charge on any atom is -0.464 e. The van der Waals surface area contributed by atoms with Gasteiger partial charge in [-0.05, 0) is 56.7 Å². The van der Waals surface area contributed by atoms with Crippen LogP contribution < -0.4 is 0 Å². The van der Waals surface area contributed by atoms with Gasteiger partial charge in [0, 0.05) is 24.0 Å². The fourth-order valence-corrected chi connectivity index (χ4v) is 4.06. The number of aryl methyl sites for hydroxylation is 1. The summed E-state index contributed by atoms with van der Waals surface area (Å²) in [6, 6.07) is 7.80. The van der Waals surface area contributed by atoms with Crippen LogP contribution in [0.5, 0.6) is 0 Å². The highest BCUT2D eigenvalue weighted by Crippen LogP contribution is 2.35. The third-order valence-electron chi connectivity index (χ3n) is 5.39. The van der Waals surface area contributed by atoms with E-state index in [1.54, 1.807) is 0 Å². The zero-order valence-corrected chi connectivity index (χ0v) is 12.9. The summed E-state index contributed by atoms with van der Waals surface area (Å²) in [6.07, 6.45) is 10.6. The molecule has 1 aliphatic carbocycles. The summed E-state index contributed by atoms with van der Waals surface area (Å²) in [5.74, 6) is 0.762. The van der Waals surface area contributed by atoms with Crippen molar-refractivity contribution < 1.29 is 4.42 Å². The Bertz CT molecular complexity index is 684. The van der Waals surface area contributed by atoms with E-state index in [0.717, 1.165) is 24.5 Å².